The first-order valence-electron chi connectivity index (χ1n) is 10.1. The van der Waals surface area contributed by atoms with Crippen molar-refractivity contribution in [3.05, 3.63) is 11.1 Å². The van der Waals surface area contributed by atoms with Gasteiger partial charge < -0.3 is 14.6 Å². The summed E-state index contributed by atoms with van der Waals surface area (Å²) in [7, 11) is -1.87. The molecule has 1 N–H and O–H groups in total. The number of aromatic nitrogens is 1. The second kappa shape index (κ2) is 9.49. The lowest BCUT2D eigenvalue weighted by atomic mass is 10.1. The van der Waals surface area contributed by atoms with E-state index in [0.29, 0.717) is 17.6 Å². The van der Waals surface area contributed by atoms with Gasteiger partial charge in [0.15, 0.2) is 18.6 Å². The average Bonchev–Trinajstić information content (AvgIpc) is 3.02. The number of hydrogen-bond acceptors (Lipinski definition) is 7. The lowest BCUT2D eigenvalue weighted by molar-refractivity contribution is -0.109. The molecule has 1 aliphatic rings. The highest BCUT2D eigenvalue weighted by atomic mass is 32.2. The number of rotatable bonds is 8. The molecule has 1 atom stereocenters. The Balaban J connectivity index is 1.92. The summed E-state index contributed by atoms with van der Waals surface area (Å²) >= 11 is 2.85. The molecule has 0 unspecified atom stereocenters. The summed E-state index contributed by atoms with van der Waals surface area (Å²) in [5.74, 6) is 0.113. The SMILES string of the molecule is CC(=O)SC1CN(c2nc(C(=O)N[C@H](CO[Si](C)(C)C(C)(C)C)C(C)C)cs2)C1. The molecule has 2 heterocycles. The first-order chi connectivity index (χ1) is 13.3. The summed E-state index contributed by atoms with van der Waals surface area (Å²) in [6.07, 6.45) is 0. The van der Waals surface area contributed by atoms with E-state index >= 15 is 0 Å². The predicted molar refractivity (Wildman–Crippen MR) is 126 cm³/mol. The third kappa shape index (κ3) is 6.54. The molecule has 1 aromatic heterocycles. The van der Waals surface area contributed by atoms with Gasteiger partial charge >= 0.3 is 0 Å². The van der Waals surface area contributed by atoms with Crippen LogP contribution in [0, 0.1) is 5.92 Å². The third-order valence-corrected chi connectivity index (χ3v) is 12.1. The van der Waals surface area contributed by atoms with Crippen LogP contribution in [0.4, 0.5) is 5.13 Å². The number of thioether (sulfide) groups is 1. The number of amides is 1. The summed E-state index contributed by atoms with van der Waals surface area (Å²) in [5, 5.41) is 6.37. The van der Waals surface area contributed by atoms with Crippen molar-refractivity contribution in [1.29, 1.82) is 0 Å². The minimum atomic E-state index is -1.87. The molecule has 164 valence electrons. The zero-order chi connectivity index (χ0) is 22.0. The summed E-state index contributed by atoms with van der Waals surface area (Å²) in [4.78, 5) is 30.6. The molecule has 1 fully saturated rings. The van der Waals surface area contributed by atoms with E-state index < -0.39 is 8.32 Å². The molecule has 29 heavy (non-hydrogen) atoms. The lowest BCUT2D eigenvalue weighted by Gasteiger charge is -2.38. The van der Waals surface area contributed by atoms with Gasteiger partial charge in [0, 0.05) is 30.6 Å². The number of anilines is 1. The van der Waals surface area contributed by atoms with Crippen LogP contribution >= 0.6 is 23.1 Å². The Labute approximate surface area is 184 Å². The molecule has 9 heteroatoms. The van der Waals surface area contributed by atoms with Crippen molar-refractivity contribution in [2.45, 2.75) is 71.0 Å². The first kappa shape index (κ1) is 24.4. The van der Waals surface area contributed by atoms with E-state index in [1.807, 2.05) is 5.38 Å². The van der Waals surface area contributed by atoms with Crippen LogP contribution in [0.1, 0.15) is 52.0 Å². The molecule has 1 amide bonds. The van der Waals surface area contributed by atoms with Crippen molar-refractivity contribution in [2.75, 3.05) is 24.6 Å². The number of hydrogen-bond donors (Lipinski definition) is 1. The maximum Gasteiger partial charge on any atom is 0.271 e. The fraction of sp³-hybridized carbons (Fsp3) is 0.750. The molecule has 0 saturated carbocycles. The van der Waals surface area contributed by atoms with E-state index in [4.69, 9.17) is 4.43 Å². The highest BCUT2D eigenvalue weighted by Crippen LogP contribution is 2.36. The number of carbonyl (C=O) groups is 2. The third-order valence-electron chi connectivity index (χ3n) is 5.73. The maximum atomic E-state index is 12.8. The maximum absolute atomic E-state index is 12.8. The molecule has 1 aliphatic heterocycles. The Morgan fingerprint density at radius 2 is 2.00 bits per heavy atom. The van der Waals surface area contributed by atoms with Gasteiger partial charge in [-0.2, -0.15) is 0 Å². The number of carbonyl (C=O) groups excluding carboxylic acids is 2. The molecule has 0 bridgehead atoms. The van der Waals surface area contributed by atoms with Gasteiger partial charge in [-0.15, -0.1) is 11.3 Å². The van der Waals surface area contributed by atoms with Crippen molar-refractivity contribution in [3.8, 4) is 0 Å². The fourth-order valence-corrected chi connectivity index (χ4v) is 5.41. The Bertz CT molecular complexity index is 725. The second-order valence-corrected chi connectivity index (χ2v) is 16.7. The van der Waals surface area contributed by atoms with Crippen LogP contribution in [-0.2, 0) is 9.22 Å². The normalized spacial score (nSPS) is 16.7. The summed E-state index contributed by atoms with van der Waals surface area (Å²) in [6.45, 7) is 19.0. The van der Waals surface area contributed by atoms with E-state index in [-0.39, 0.29) is 28.0 Å². The van der Waals surface area contributed by atoms with E-state index in [0.717, 1.165) is 18.2 Å². The number of thiazole rings is 1. The molecule has 1 saturated heterocycles. The van der Waals surface area contributed by atoms with E-state index in [9.17, 15) is 9.59 Å². The summed E-state index contributed by atoms with van der Waals surface area (Å²) in [6, 6.07) is -0.0536. The number of nitrogens with zero attached hydrogens (tertiary/aromatic N) is 2. The molecule has 0 spiro atoms. The van der Waals surface area contributed by atoms with Gasteiger partial charge in [-0.1, -0.05) is 46.4 Å². The topological polar surface area (TPSA) is 71.5 Å². The Morgan fingerprint density at radius 3 is 2.52 bits per heavy atom. The second-order valence-electron chi connectivity index (χ2n) is 9.55. The molecular formula is C20H35N3O3S2Si. The quantitative estimate of drug-likeness (QED) is 0.584. The van der Waals surface area contributed by atoms with Crippen LogP contribution in [0.15, 0.2) is 5.38 Å². The van der Waals surface area contributed by atoms with Gasteiger partial charge in [0.2, 0.25) is 0 Å². The van der Waals surface area contributed by atoms with Gasteiger partial charge in [-0.3, -0.25) is 9.59 Å². The molecule has 2 rings (SSSR count). The van der Waals surface area contributed by atoms with E-state index in [1.54, 1.807) is 6.92 Å². The van der Waals surface area contributed by atoms with Gasteiger partial charge in [0.05, 0.1) is 12.6 Å². The van der Waals surface area contributed by atoms with Crippen LogP contribution < -0.4 is 10.2 Å². The molecule has 6 nitrogen and oxygen atoms in total. The van der Waals surface area contributed by atoms with Gasteiger partial charge in [-0.25, -0.2) is 4.98 Å². The van der Waals surface area contributed by atoms with Crippen molar-refractivity contribution >= 4 is 47.6 Å². The minimum absolute atomic E-state index is 0.0536. The van der Waals surface area contributed by atoms with Crippen molar-refractivity contribution in [3.63, 3.8) is 0 Å². The summed E-state index contributed by atoms with van der Waals surface area (Å²) in [5.41, 5.74) is 0.450. The predicted octanol–water partition coefficient (Wildman–Crippen LogP) is 4.39. The summed E-state index contributed by atoms with van der Waals surface area (Å²) < 4.78 is 6.34. The van der Waals surface area contributed by atoms with Crippen molar-refractivity contribution in [2.24, 2.45) is 5.92 Å². The number of nitrogens with one attached hydrogen (secondary N) is 1. The lowest BCUT2D eigenvalue weighted by Crippen LogP contribution is -2.49. The highest BCUT2D eigenvalue weighted by Gasteiger charge is 2.38. The van der Waals surface area contributed by atoms with Gasteiger partial charge in [0.25, 0.3) is 5.91 Å². The largest absolute Gasteiger partial charge is 0.415 e. The smallest absolute Gasteiger partial charge is 0.271 e. The van der Waals surface area contributed by atoms with Crippen molar-refractivity contribution < 1.29 is 14.0 Å². The Kier molecular flexibility index (Phi) is 7.97. The first-order valence-corrected chi connectivity index (χ1v) is 14.8. The molecule has 0 radical (unpaired) electrons. The monoisotopic (exact) mass is 457 g/mol. The van der Waals surface area contributed by atoms with E-state index in [2.05, 4.69) is 62.9 Å². The average molecular weight is 458 g/mol. The Morgan fingerprint density at radius 1 is 1.38 bits per heavy atom. The van der Waals surface area contributed by atoms with E-state index in [1.165, 1.54) is 23.1 Å². The highest BCUT2D eigenvalue weighted by molar-refractivity contribution is 8.14. The molecule has 0 aromatic carbocycles. The van der Waals surface area contributed by atoms with Crippen LogP contribution in [0.3, 0.4) is 0 Å². The zero-order valence-corrected chi connectivity index (χ0v) is 21.5. The van der Waals surface area contributed by atoms with Crippen LogP contribution in [0.5, 0.6) is 0 Å². The minimum Gasteiger partial charge on any atom is -0.415 e. The van der Waals surface area contributed by atoms with Crippen LogP contribution in [0.2, 0.25) is 18.1 Å². The Hall–Kier alpha value is -0.903. The standard InChI is InChI=1S/C20H35N3O3S2Si/c1-13(2)16(11-26-29(7,8)20(4,5)6)21-18(25)17-12-27-19(22-17)23-9-15(10-23)28-14(3)24/h12-13,15-16H,9-11H2,1-8H3,(H,21,25)/t16-/m1/s1. The molecule has 1 aromatic rings. The van der Waals surface area contributed by atoms with Crippen LogP contribution in [0.25, 0.3) is 0 Å². The van der Waals surface area contributed by atoms with Crippen molar-refractivity contribution in [1.82, 2.24) is 10.3 Å². The fourth-order valence-electron chi connectivity index (χ4n) is 2.58. The molecule has 0 aliphatic carbocycles. The van der Waals surface area contributed by atoms with Crippen LogP contribution in [-0.4, -0.2) is 55.3 Å². The van der Waals surface area contributed by atoms with Gasteiger partial charge in [0.1, 0.15) is 5.69 Å². The van der Waals surface area contributed by atoms with Gasteiger partial charge in [-0.05, 0) is 24.1 Å². The zero-order valence-electron chi connectivity index (χ0n) is 18.9. The molecular weight excluding hydrogens is 422 g/mol.